The van der Waals surface area contributed by atoms with Gasteiger partial charge in [-0.3, -0.25) is 4.79 Å². The van der Waals surface area contributed by atoms with Crippen LogP contribution in [0, 0.1) is 5.41 Å². The Morgan fingerprint density at radius 1 is 1.25 bits per heavy atom. The van der Waals surface area contributed by atoms with Gasteiger partial charge in [0.15, 0.2) is 0 Å². The maximum atomic E-state index is 12.8. The SMILES string of the molecule is CN1CCCC(NC(=O)C2(C(N)=S)CCCCCC2)C1. The van der Waals surface area contributed by atoms with Gasteiger partial charge in [0.1, 0.15) is 0 Å². The van der Waals surface area contributed by atoms with Crippen LogP contribution in [0.15, 0.2) is 0 Å². The fraction of sp³-hybridized carbons (Fsp3) is 0.867. The summed E-state index contributed by atoms with van der Waals surface area (Å²) in [6, 6.07) is 0.246. The van der Waals surface area contributed by atoms with Gasteiger partial charge in [-0.1, -0.05) is 37.9 Å². The van der Waals surface area contributed by atoms with Gasteiger partial charge >= 0.3 is 0 Å². The fourth-order valence-corrected chi connectivity index (χ4v) is 3.82. The quantitative estimate of drug-likeness (QED) is 0.616. The highest BCUT2D eigenvalue weighted by molar-refractivity contribution is 7.80. The van der Waals surface area contributed by atoms with Crippen molar-refractivity contribution in [2.45, 2.75) is 57.4 Å². The number of rotatable bonds is 3. The van der Waals surface area contributed by atoms with Gasteiger partial charge in [-0.05, 0) is 39.3 Å². The standard InChI is InChI=1S/C15H27N3OS/c1-18-10-6-7-12(11-18)17-14(19)15(13(16)20)8-4-2-3-5-9-15/h12H,2-11H2,1H3,(H2,16,20)(H,17,19). The number of carbonyl (C=O) groups is 1. The van der Waals surface area contributed by atoms with Crippen molar-refractivity contribution in [3.8, 4) is 0 Å². The molecule has 1 atom stereocenters. The number of likely N-dealkylation sites (N-methyl/N-ethyl adjacent to an activating group) is 1. The second kappa shape index (κ2) is 6.85. The minimum absolute atomic E-state index is 0.0761. The molecule has 2 fully saturated rings. The van der Waals surface area contributed by atoms with Crippen molar-refractivity contribution in [1.82, 2.24) is 10.2 Å². The highest BCUT2D eigenvalue weighted by Gasteiger charge is 2.42. The number of hydrogen-bond acceptors (Lipinski definition) is 3. The first kappa shape index (κ1) is 15.7. The van der Waals surface area contributed by atoms with Crippen LogP contribution in [0.3, 0.4) is 0 Å². The molecular weight excluding hydrogens is 270 g/mol. The van der Waals surface area contributed by atoms with Gasteiger partial charge in [-0.25, -0.2) is 0 Å². The van der Waals surface area contributed by atoms with Crippen LogP contribution in [0.5, 0.6) is 0 Å². The van der Waals surface area contributed by atoms with E-state index in [1.54, 1.807) is 0 Å². The molecule has 1 heterocycles. The Morgan fingerprint density at radius 3 is 2.45 bits per heavy atom. The Balaban J connectivity index is 2.04. The summed E-state index contributed by atoms with van der Waals surface area (Å²) < 4.78 is 0. The molecule has 2 rings (SSSR count). The molecule has 2 aliphatic rings. The lowest BCUT2D eigenvalue weighted by Gasteiger charge is -2.35. The molecule has 5 heteroatoms. The van der Waals surface area contributed by atoms with E-state index in [0.29, 0.717) is 4.99 Å². The zero-order valence-electron chi connectivity index (χ0n) is 12.5. The van der Waals surface area contributed by atoms with Gasteiger partial charge < -0.3 is 16.0 Å². The summed E-state index contributed by atoms with van der Waals surface area (Å²) in [6.45, 7) is 2.05. The van der Waals surface area contributed by atoms with E-state index >= 15 is 0 Å². The van der Waals surface area contributed by atoms with E-state index in [2.05, 4.69) is 17.3 Å². The lowest BCUT2D eigenvalue weighted by atomic mass is 9.79. The third kappa shape index (κ3) is 3.50. The maximum absolute atomic E-state index is 12.8. The molecule has 0 bridgehead atoms. The number of hydrogen-bond donors (Lipinski definition) is 2. The van der Waals surface area contributed by atoms with Crippen LogP contribution in [0.1, 0.15) is 51.4 Å². The minimum atomic E-state index is -0.595. The summed E-state index contributed by atoms with van der Waals surface area (Å²) >= 11 is 5.26. The van der Waals surface area contributed by atoms with Crippen LogP contribution in [-0.4, -0.2) is 42.0 Å². The Kier molecular flexibility index (Phi) is 5.38. The number of thiocarbonyl (C=S) groups is 1. The van der Waals surface area contributed by atoms with Gasteiger partial charge in [0.25, 0.3) is 0 Å². The third-order valence-corrected chi connectivity index (χ3v) is 5.21. The summed E-state index contributed by atoms with van der Waals surface area (Å²) in [5, 5.41) is 3.22. The van der Waals surface area contributed by atoms with Crippen LogP contribution >= 0.6 is 12.2 Å². The zero-order valence-corrected chi connectivity index (χ0v) is 13.3. The van der Waals surface area contributed by atoms with E-state index in [9.17, 15) is 4.79 Å². The average molecular weight is 297 g/mol. The van der Waals surface area contributed by atoms with Crippen LogP contribution in [0.25, 0.3) is 0 Å². The van der Waals surface area contributed by atoms with Gasteiger partial charge in [0.05, 0.1) is 10.4 Å². The predicted molar refractivity (Wildman–Crippen MR) is 85.6 cm³/mol. The Bertz CT molecular complexity index is 364. The fourth-order valence-electron chi connectivity index (χ4n) is 3.53. The predicted octanol–water partition coefficient (Wildman–Crippen LogP) is 1.82. The summed E-state index contributed by atoms with van der Waals surface area (Å²) in [5.74, 6) is 0.0761. The second-order valence-corrected chi connectivity index (χ2v) is 6.88. The topological polar surface area (TPSA) is 58.4 Å². The summed E-state index contributed by atoms with van der Waals surface area (Å²) in [7, 11) is 2.10. The molecule has 20 heavy (non-hydrogen) atoms. The molecule has 0 spiro atoms. The van der Waals surface area contributed by atoms with E-state index in [1.165, 1.54) is 12.8 Å². The van der Waals surface area contributed by atoms with E-state index in [0.717, 1.165) is 51.6 Å². The minimum Gasteiger partial charge on any atom is -0.392 e. The van der Waals surface area contributed by atoms with Crippen molar-refractivity contribution in [1.29, 1.82) is 0 Å². The molecule has 114 valence electrons. The van der Waals surface area contributed by atoms with Gasteiger partial charge in [-0.15, -0.1) is 0 Å². The van der Waals surface area contributed by atoms with Crippen LogP contribution in [0.2, 0.25) is 0 Å². The van der Waals surface area contributed by atoms with Crippen molar-refractivity contribution in [3.05, 3.63) is 0 Å². The van der Waals surface area contributed by atoms with E-state index in [1.807, 2.05) is 0 Å². The molecule has 0 aromatic heterocycles. The Labute approximate surface area is 127 Å². The highest BCUT2D eigenvalue weighted by atomic mass is 32.1. The summed E-state index contributed by atoms with van der Waals surface area (Å²) in [6.07, 6.45) is 8.30. The molecule has 3 N–H and O–H groups in total. The van der Waals surface area contributed by atoms with Crippen molar-refractivity contribution in [2.24, 2.45) is 11.1 Å². The largest absolute Gasteiger partial charge is 0.392 e. The van der Waals surface area contributed by atoms with Gasteiger partial charge in [0.2, 0.25) is 5.91 Å². The summed E-state index contributed by atoms with van der Waals surface area (Å²) in [4.78, 5) is 15.5. The lowest BCUT2D eigenvalue weighted by molar-refractivity contribution is -0.129. The number of likely N-dealkylation sites (tertiary alicyclic amines) is 1. The van der Waals surface area contributed by atoms with Crippen molar-refractivity contribution >= 4 is 23.1 Å². The Hall–Kier alpha value is -0.680. The first-order valence-electron chi connectivity index (χ1n) is 7.84. The number of piperidine rings is 1. The monoisotopic (exact) mass is 297 g/mol. The molecule has 1 amide bonds. The number of nitrogens with one attached hydrogen (secondary N) is 1. The normalized spacial score (nSPS) is 27.6. The number of nitrogens with two attached hydrogens (primary N) is 1. The van der Waals surface area contributed by atoms with Gasteiger partial charge in [0, 0.05) is 12.6 Å². The van der Waals surface area contributed by atoms with E-state index < -0.39 is 5.41 Å². The number of nitrogens with zero attached hydrogens (tertiary/aromatic N) is 1. The average Bonchev–Trinajstić information content (AvgIpc) is 2.65. The second-order valence-electron chi connectivity index (χ2n) is 6.44. The highest BCUT2D eigenvalue weighted by Crippen LogP contribution is 2.36. The molecule has 0 radical (unpaired) electrons. The van der Waals surface area contributed by atoms with Crippen LogP contribution in [0.4, 0.5) is 0 Å². The molecule has 1 saturated heterocycles. The van der Waals surface area contributed by atoms with E-state index in [-0.39, 0.29) is 11.9 Å². The zero-order chi connectivity index (χ0) is 14.6. The molecule has 1 aliphatic heterocycles. The van der Waals surface area contributed by atoms with Crippen molar-refractivity contribution in [2.75, 3.05) is 20.1 Å². The smallest absolute Gasteiger partial charge is 0.233 e. The molecule has 0 aromatic rings. The van der Waals surface area contributed by atoms with Crippen molar-refractivity contribution in [3.63, 3.8) is 0 Å². The molecular formula is C15H27N3OS. The first-order valence-corrected chi connectivity index (χ1v) is 8.25. The lowest BCUT2D eigenvalue weighted by Crippen LogP contribution is -2.54. The van der Waals surface area contributed by atoms with Crippen LogP contribution in [-0.2, 0) is 4.79 Å². The van der Waals surface area contributed by atoms with E-state index in [4.69, 9.17) is 18.0 Å². The number of amides is 1. The van der Waals surface area contributed by atoms with Gasteiger partial charge in [-0.2, -0.15) is 0 Å². The third-order valence-electron chi connectivity index (χ3n) is 4.82. The van der Waals surface area contributed by atoms with Crippen LogP contribution < -0.4 is 11.1 Å². The summed E-state index contributed by atoms with van der Waals surface area (Å²) in [5.41, 5.74) is 5.37. The first-order chi connectivity index (χ1) is 9.54. The molecule has 0 aromatic carbocycles. The molecule has 4 nitrogen and oxygen atoms in total. The maximum Gasteiger partial charge on any atom is 0.233 e. The molecule has 1 saturated carbocycles. The Morgan fingerprint density at radius 2 is 1.90 bits per heavy atom. The molecule has 1 unspecified atom stereocenters. The molecule has 1 aliphatic carbocycles. The number of carbonyl (C=O) groups excluding carboxylic acids is 1. The van der Waals surface area contributed by atoms with Crippen molar-refractivity contribution < 1.29 is 4.79 Å².